The first-order valence-corrected chi connectivity index (χ1v) is 7.05. The number of hydrogen-bond donors (Lipinski definition) is 8. The van der Waals surface area contributed by atoms with E-state index >= 15 is 0 Å². The summed E-state index contributed by atoms with van der Waals surface area (Å²) in [7, 11) is 0. The first-order valence-electron chi connectivity index (χ1n) is 7.05. The van der Waals surface area contributed by atoms with E-state index in [1.165, 1.54) is 0 Å². The van der Waals surface area contributed by atoms with Crippen LogP contribution in [-0.4, -0.2) is 115 Å². The molecule has 0 amide bonds. The molecule has 0 aromatic carbocycles. The van der Waals surface area contributed by atoms with E-state index in [9.17, 15) is 30.6 Å². The average molecular weight is 502 g/mol. The van der Waals surface area contributed by atoms with Gasteiger partial charge in [0.05, 0.1) is 13.2 Å². The van der Waals surface area contributed by atoms with E-state index in [0.717, 1.165) is 0 Å². The Balaban J connectivity index is -0.000000576. The second-order valence-corrected chi connectivity index (χ2v) is 5.56. The summed E-state index contributed by atoms with van der Waals surface area (Å²) in [4.78, 5) is 0. The van der Waals surface area contributed by atoms with Crippen LogP contribution in [0, 0.1) is 0 Å². The summed E-state index contributed by atoms with van der Waals surface area (Å²) in [6, 6.07) is 0. The Morgan fingerprint density at radius 3 is 1.61 bits per heavy atom. The first-order chi connectivity index (χ1) is 10.8. The van der Waals surface area contributed by atoms with E-state index in [4.69, 9.17) is 24.4 Å². The van der Waals surface area contributed by atoms with Crippen LogP contribution in [0.3, 0.4) is 0 Å². The number of ether oxygens (including phenoxy) is 3. The normalized spacial score (nSPS) is 42.0. The number of rotatable bonds is 5. The molecule has 0 aromatic rings. The Morgan fingerprint density at radius 1 is 0.714 bits per heavy atom. The molecular formula is C12H22Fe2O14. The van der Waals surface area contributed by atoms with Crippen LogP contribution in [0.5, 0.6) is 0 Å². The summed E-state index contributed by atoms with van der Waals surface area (Å²) < 4.78 is 15.4. The first kappa shape index (κ1) is 35.9. The fraction of sp³-hybridized carbons (Fsp3) is 1.00. The summed E-state index contributed by atoms with van der Waals surface area (Å²) in [5, 5.41) is 76.7. The third-order valence-electron chi connectivity index (χ3n) is 4.07. The molecule has 0 aliphatic carbocycles. The Kier molecular flexibility index (Phi) is 18.6. The van der Waals surface area contributed by atoms with Crippen LogP contribution in [0.15, 0.2) is 0 Å². The van der Waals surface area contributed by atoms with Crippen molar-refractivity contribution in [3.63, 3.8) is 0 Å². The molecule has 170 valence electrons. The van der Waals surface area contributed by atoms with Crippen molar-refractivity contribution in [3.05, 3.63) is 0 Å². The molecule has 2 radical (unpaired) electrons. The van der Waals surface area contributed by atoms with Crippen molar-refractivity contribution >= 4 is 0 Å². The molecule has 8 N–H and O–H groups in total. The predicted molar refractivity (Wildman–Crippen MR) is 70.7 cm³/mol. The van der Waals surface area contributed by atoms with Gasteiger partial charge in [0.15, 0.2) is 6.29 Å². The summed E-state index contributed by atoms with van der Waals surface area (Å²) >= 11 is 0. The zero-order valence-corrected chi connectivity index (χ0v) is 16.2. The van der Waals surface area contributed by atoms with Gasteiger partial charge in [-0.25, -0.2) is 0 Å². The molecular weight excluding hydrogens is 480 g/mol. The van der Waals surface area contributed by atoms with Crippen LogP contribution in [0.2, 0.25) is 0 Å². The van der Waals surface area contributed by atoms with Gasteiger partial charge in [0.1, 0.15) is 49.3 Å². The molecule has 28 heavy (non-hydrogen) atoms. The maximum Gasteiger partial charge on any atom is 3.00 e. The summed E-state index contributed by atoms with van der Waals surface area (Å²) in [6.07, 6.45) is -12.7. The number of aliphatic hydroxyl groups excluding tert-OH is 8. The maximum atomic E-state index is 10.00. The molecule has 2 fully saturated rings. The van der Waals surface area contributed by atoms with E-state index in [1.54, 1.807) is 0 Å². The van der Waals surface area contributed by atoms with Gasteiger partial charge in [0.25, 0.3) is 0 Å². The van der Waals surface area contributed by atoms with Crippen molar-refractivity contribution in [1.29, 1.82) is 0 Å². The molecule has 0 spiro atoms. The summed E-state index contributed by atoms with van der Waals surface area (Å²) in [5.74, 6) is -2.22. The Hall–Kier alpha value is 0.479. The fourth-order valence-electron chi connectivity index (χ4n) is 2.63. The van der Waals surface area contributed by atoms with Crippen LogP contribution in [0.25, 0.3) is 0 Å². The van der Waals surface area contributed by atoms with Gasteiger partial charge < -0.3 is 71.5 Å². The zero-order chi connectivity index (χ0) is 17.4. The van der Waals surface area contributed by atoms with Crippen LogP contribution >= 0.6 is 0 Å². The van der Waals surface area contributed by atoms with Gasteiger partial charge in [0, 0.05) is 0 Å². The molecule has 0 unspecified atom stereocenters. The molecule has 16 heteroatoms. The van der Waals surface area contributed by atoms with Crippen molar-refractivity contribution in [1.82, 2.24) is 0 Å². The van der Waals surface area contributed by atoms with Crippen LogP contribution in [0.1, 0.15) is 0 Å². The third kappa shape index (κ3) is 6.49. The minimum Gasteiger partial charge on any atom is -2.00 e. The monoisotopic (exact) mass is 502 g/mol. The van der Waals surface area contributed by atoms with Crippen molar-refractivity contribution in [3.8, 4) is 0 Å². The van der Waals surface area contributed by atoms with Crippen molar-refractivity contribution < 1.29 is 106 Å². The van der Waals surface area contributed by atoms with Gasteiger partial charge in [-0.1, -0.05) is 0 Å². The van der Waals surface area contributed by atoms with E-state index in [1.807, 2.05) is 0 Å². The third-order valence-corrected chi connectivity index (χ3v) is 4.07. The number of hydrogen-bond acceptors (Lipinski definition) is 11. The van der Waals surface area contributed by atoms with Crippen LogP contribution in [0.4, 0.5) is 0 Å². The van der Waals surface area contributed by atoms with Gasteiger partial charge >= 0.3 is 34.1 Å². The van der Waals surface area contributed by atoms with Gasteiger partial charge in [-0.3, -0.25) is 0 Å². The largest absolute Gasteiger partial charge is 3.00 e. The van der Waals surface area contributed by atoms with Crippen LogP contribution in [-0.2, 0) is 64.8 Å². The molecule has 9 atom stereocenters. The molecule has 2 saturated heterocycles. The molecule has 2 heterocycles. The molecule has 2 rings (SSSR count). The van der Waals surface area contributed by atoms with Crippen LogP contribution < -0.4 is 0 Å². The van der Waals surface area contributed by atoms with Gasteiger partial charge in [-0.2, -0.15) is 0 Å². The second kappa shape index (κ2) is 14.5. The fourth-order valence-corrected chi connectivity index (χ4v) is 2.63. The topological polar surface area (TPSA) is 275 Å². The minimum absolute atomic E-state index is 0. The average Bonchev–Trinajstić information content (AvgIpc) is 2.80. The SMILES string of the molecule is OC[C@H]1O[C@@](CO)(O[C@H]2O[C@H](CO)[C@@H](O)[C@H](O)[C@H]2O)[C@@H](O)[C@@H]1O.[Fe+3].[Fe+3].[O-2].[O-2].[O-2]. The smallest absolute Gasteiger partial charge is 2.00 e. The standard InChI is InChI=1S/C12H22O11.2Fe.3O/c13-1-4-6(16)8(18)9(19)11(21-4)23-12(3-15)10(20)7(17)5(2-14)22-12;;;;;/h4-11,13-20H,1-3H2;;;;;/q;2*+3;3*-2/t4-,5-,6-,7-,8+,9-,10+,11-,12+;;;;;/m1...../s1. The summed E-state index contributed by atoms with van der Waals surface area (Å²) in [6.45, 7) is -2.32. The zero-order valence-electron chi connectivity index (χ0n) is 14.0. The van der Waals surface area contributed by atoms with E-state index in [0.29, 0.717) is 0 Å². The van der Waals surface area contributed by atoms with Gasteiger partial charge in [-0.15, -0.1) is 0 Å². The molecule has 14 nitrogen and oxygen atoms in total. The van der Waals surface area contributed by atoms with E-state index < -0.39 is 74.6 Å². The van der Waals surface area contributed by atoms with Crippen molar-refractivity contribution in [2.45, 2.75) is 54.8 Å². The van der Waals surface area contributed by atoms with Crippen molar-refractivity contribution in [2.75, 3.05) is 19.8 Å². The maximum absolute atomic E-state index is 10.00. The van der Waals surface area contributed by atoms with Gasteiger partial charge in [0.2, 0.25) is 5.79 Å². The van der Waals surface area contributed by atoms with Crippen molar-refractivity contribution in [2.24, 2.45) is 0 Å². The molecule has 0 aromatic heterocycles. The Labute approximate surface area is 180 Å². The molecule has 0 bridgehead atoms. The Bertz CT molecular complexity index is 407. The second-order valence-electron chi connectivity index (χ2n) is 5.56. The van der Waals surface area contributed by atoms with Gasteiger partial charge in [-0.05, 0) is 0 Å². The Morgan fingerprint density at radius 2 is 1.21 bits per heavy atom. The molecule has 0 saturated carbocycles. The minimum atomic E-state index is -2.22. The molecule has 2 aliphatic rings. The summed E-state index contributed by atoms with van der Waals surface area (Å²) in [5.41, 5.74) is 0. The predicted octanol–water partition coefficient (Wildman–Crippen LogP) is -5.76. The van der Waals surface area contributed by atoms with E-state index in [-0.39, 0.29) is 50.6 Å². The molecule has 2 aliphatic heterocycles. The number of aliphatic hydroxyl groups is 8. The quantitative estimate of drug-likeness (QED) is 0.164. The van der Waals surface area contributed by atoms with E-state index in [2.05, 4.69) is 0 Å².